The molecule has 35 heavy (non-hydrogen) atoms. The van der Waals surface area contributed by atoms with E-state index < -0.39 is 0 Å². The van der Waals surface area contributed by atoms with Crippen LogP contribution in [0.1, 0.15) is 18.1 Å². The van der Waals surface area contributed by atoms with Crippen LogP contribution in [0, 0.1) is 6.92 Å². The number of aromatic nitrogens is 2. The van der Waals surface area contributed by atoms with Gasteiger partial charge in [-0.3, -0.25) is 9.59 Å². The van der Waals surface area contributed by atoms with Crippen molar-refractivity contribution >= 4 is 29.3 Å². The molecule has 1 atom stereocenters. The Morgan fingerprint density at radius 3 is 2.29 bits per heavy atom. The minimum Gasteiger partial charge on any atom is -0.351 e. The minimum atomic E-state index is -0.372. The molecule has 6 nitrogen and oxygen atoms in total. The fourth-order valence-electron chi connectivity index (χ4n) is 3.53. The third-order valence-electron chi connectivity index (χ3n) is 5.48. The normalized spacial score (nSPS) is 11.6. The molecule has 0 saturated heterocycles. The van der Waals surface area contributed by atoms with Gasteiger partial charge in [0.1, 0.15) is 0 Å². The molecule has 0 radical (unpaired) electrons. The molecule has 178 valence electrons. The number of amides is 2. The highest BCUT2D eigenvalue weighted by molar-refractivity contribution is 8.01. The van der Waals surface area contributed by atoms with Gasteiger partial charge in [0.05, 0.1) is 22.4 Å². The molecule has 0 spiro atoms. The van der Waals surface area contributed by atoms with Gasteiger partial charge in [0.25, 0.3) is 0 Å². The highest BCUT2D eigenvalue weighted by Gasteiger charge is 2.18. The zero-order chi connectivity index (χ0) is 24.6. The van der Waals surface area contributed by atoms with Crippen molar-refractivity contribution in [2.24, 2.45) is 0 Å². The molecular weight excluding hydrogens is 456 g/mol. The van der Waals surface area contributed by atoms with E-state index in [1.54, 1.807) is 0 Å². The number of hydrogen-bond donors (Lipinski definition) is 2. The smallest absolute Gasteiger partial charge is 0.234 e. The van der Waals surface area contributed by atoms with Crippen molar-refractivity contribution < 1.29 is 9.59 Å². The number of aryl methyl sites for hydroxylation is 1. The summed E-state index contributed by atoms with van der Waals surface area (Å²) in [6.45, 7) is 4.15. The number of nitrogens with one attached hydrogen (secondary N) is 2. The molecule has 4 rings (SSSR count). The lowest BCUT2D eigenvalue weighted by Gasteiger charge is -2.12. The number of benzene rings is 3. The van der Waals surface area contributed by atoms with E-state index in [-0.39, 0.29) is 22.8 Å². The van der Waals surface area contributed by atoms with E-state index in [4.69, 9.17) is 5.10 Å². The molecule has 1 aromatic heterocycles. The molecule has 0 aliphatic rings. The first-order valence-electron chi connectivity index (χ1n) is 11.4. The Bertz CT molecular complexity index is 1270. The van der Waals surface area contributed by atoms with Crippen molar-refractivity contribution in [3.05, 3.63) is 102 Å². The summed E-state index contributed by atoms with van der Waals surface area (Å²) in [6.07, 6.45) is 1.95. The Morgan fingerprint density at radius 2 is 1.60 bits per heavy atom. The van der Waals surface area contributed by atoms with Crippen LogP contribution in [0.25, 0.3) is 16.9 Å². The van der Waals surface area contributed by atoms with Gasteiger partial charge in [0.15, 0.2) is 0 Å². The molecule has 0 fully saturated rings. The lowest BCUT2D eigenvalue weighted by Crippen LogP contribution is -2.31. The van der Waals surface area contributed by atoms with Gasteiger partial charge in [-0.15, -0.1) is 11.8 Å². The maximum Gasteiger partial charge on any atom is 0.234 e. The first kappa shape index (κ1) is 24.3. The van der Waals surface area contributed by atoms with Crippen LogP contribution in [0.3, 0.4) is 0 Å². The quantitative estimate of drug-likeness (QED) is 0.341. The lowest BCUT2D eigenvalue weighted by molar-refractivity contribution is -0.120. The van der Waals surface area contributed by atoms with Crippen LogP contribution in [-0.2, 0) is 16.1 Å². The molecule has 3 aromatic carbocycles. The molecule has 0 aliphatic heterocycles. The van der Waals surface area contributed by atoms with Crippen LogP contribution < -0.4 is 10.6 Å². The van der Waals surface area contributed by atoms with Crippen molar-refractivity contribution in [3.8, 4) is 16.9 Å². The molecule has 0 bridgehead atoms. The first-order valence-corrected chi connectivity index (χ1v) is 12.5. The molecule has 1 unspecified atom stereocenters. The number of anilines is 1. The van der Waals surface area contributed by atoms with E-state index in [1.165, 1.54) is 11.8 Å². The van der Waals surface area contributed by atoms with Gasteiger partial charge in [-0.05, 0) is 38.1 Å². The van der Waals surface area contributed by atoms with Crippen LogP contribution in [0.5, 0.6) is 0 Å². The van der Waals surface area contributed by atoms with Crippen LogP contribution >= 0.6 is 11.8 Å². The Balaban J connectivity index is 1.37. The van der Waals surface area contributed by atoms with Crippen LogP contribution in [0.4, 0.5) is 5.69 Å². The fourth-order valence-corrected chi connectivity index (χ4v) is 4.24. The summed E-state index contributed by atoms with van der Waals surface area (Å²) in [5.41, 5.74) is 5.57. The molecule has 0 saturated carbocycles. The molecular formula is C28H28N4O2S. The third kappa shape index (κ3) is 6.61. The number of rotatable bonds is 9. The predicted octanol–water partition coefficient (Wildman–Crippen LogP) is 5.22. The molecule has 2 amide bonds. The Kier molecular flexibility index (Phi) is 8.00. The Hall–Kier alpha value is -3.84. The average Bonchev–Trinajstić information content (AvgIpc) is 3.32. The number of para-hydroxylation sites is 1. The molecule has 1 heterocycles. The van der Waals surface area contributed by atoms with E-state index in [9.17, 15) is 9.59 Å². The fraction of sp³-hybridized carbons (Fsp3) is 0.179. The second-order valence-electron chi connectivity index (χ2n) is 8.23. The SMILES string of the molecule is Cc1ccc(NC(=O)CSC(C)C(=O)NCc2cn(-c3ccccc3)nc2-c2ccccc2)cc1. The largest absolute Gasteiger partial charge is 0.351 e. The summed E-state index contributed by atoms with van der Waals surface area (Å²) in [5, 5.41) is 10.3. The summed E-state index contributed by atoms with van der Waals surface area (Å²) in [6, 6.07) is 27.4. The average molecular weight is 485 g/mol. The van der Waals surface area contributed by atoms with Gasteiger partial charge < -0.3 is 10.6 Å². The standard InChI is InChI=1S/C28H28N4O2S/c1-20-13-15-24(16-14-20)30-26(33)19-35-21(2)28(34)29-17-23-18-32(25-11-7-4-8-12-25)31-27(23)22-9-5-3-6-10-22/h3-16,18,21H,17,19H2,1-2H3,(H,29,34)(H,30,33). The molecule has 4 aromatic rings. The van der Waals surface area contributed by atoms with Gasteiger partial charge in [-0.2, -0.15) is 5.10 Å². The van der Waals surface area contributed by atoms with Gasteiger partial charge >= 0.3 is 0 Å². The lowest BCUT2D eigenvalue weighted by atomic mass is 10.1. The summed E-state index contributed by atoms with van der Waals surface area (Å²) in [5.74, 6) is -0.0532. The Labute approximate surface area is 209 Å². The second-order valence-corrected chi connectivity index (χ2v) is 9.56. The van der Waals surface area contributed by atoms with Crippen molar-refractivity contribution in [2.75, 3.05) is 11.1 Å². The Morgan fingerprint density at radius 1 is 0.943 bits per heavy atom. The summed E-state index contributed by atoms with van der Waals surface area (Å²) in [7, 11) is 0. The minimum absolute atomic E-state index is 0.121. The zero-order valence-corrected chi connectivity index (χ0v) is 20.6. The van der Waals surface area contributed by atoms with E-state index in [1.807, 2.05) is 110 Å². The van der Waals surface area contributed by atoms with Gasteiger partial charge in [-0.25, -0.2) is 4.68 Å². The maximum absolute atomic E-state index is 12.8. The predicted molar refractivity (Wildman–Crippen MR) is 143 cm³/mol. The van der Waals surface area contributed by atoms with Crippen LogP contribution in [0.15, 0.2) is 91.1 Å². The van der Waals surface area contributed by atoms with Gasteiger partial charge in [-0.1, -0.05) is 66.2 Å². The second kappa shape index (κ2) is 11.5. The van der Waals surface area contributed by atoms with Crippen molar-refractivity contribution in [1.29, 1.82) is 0 Å². The van der Waals surface area contributed by atoms with Crippen molar-refractivity contribution in [2.45, 2.75) is 25.6 Å². The summed E-state index contributed by atoms with van der Waals surface area (Å²) in [4.78, 5) is 25.0. The van der Waals surface area contributed by atoms with E-state index in [0.29, 0.717) is 6.54 Å². The van der Waals surface area contributed by atoms with Gasteiger partial charge in [0, 0.05) is 29.6 Å². The van der Waals surface area contributed by atoms with E-state index in [0.717, 1.165) is 33.8 Å². The number of carbonyl (C=O) groups is 2. The summed E-state index contributed by atoms with van der Waals surface area (Å²) >= 11 is 1.31. The van der Waals surface area contributed by atoms with Crippen molar-refractivity contribution in [1.82, 2.24) is 15.1 Å². The molecule has 7 heteroatoms. The zero-order valence-electron chi connectivity index (χ0n) is 19.8. The van der Waals surface area contributed by atoms with E-state index >= 15 is 0 Å². The number of thioether (sulfide) groups is 1. The van der Waals surface area contributed by atoms with Crippen molar-refractivity contribution in [3.63, 3.8) is 0 Å². The first-order chi connectivity index (χ1) is 17.0. The molecule has 0 aliphatic carbocycles. The highest BCUT2D eigenvalue weighted by atomic mass is 32.2. The van der Waals surface area contributed by atoms with Crippen LogP contribution in [-0.4, -0.2) is 32.6 Å². The molecule has 2 N–H and O–H groups in total. The number of carbonyl (C=O) groups excluding carboxylic acids is 2. The third-order valence-corrected chi connectivity index (χ3v) is 6.62. The monoisotopic (exact) mass is 484 g/mol. The number of hydrogen-bond acceptors (Lipinski definition) is 4. The summed E-state index contributed by atoms with van der Waals surface area (Å²) < 4.78 is 1.83. The van der Waals surface area contributed by atoms with E-state index in [2.05, 4.69) is 10.6 Å². The van der Waals surface area contributed by atoms with Gasteiger partial charge in [0.2, 0.25) is 11.8 Å². The highest BCUT2D eigenvalue weighted by Crippen LogP contribution is 2.24. The topological polar surface area (TPSA) is 76.0 Å². The maximum atomic E-state index is 12.8. The van der Waals surface area contributed by atoms with Crippen LogP contribution in [0.2, 0.25) is 0 Å². The number of nitrogens with zero attached hydrogens (tertiary/aromatic N) is 2.